The van der Waals surface area contributed by atoms with Crippen molar-refractivity contribution >= 4 is 23.4 Å². The van der Waals surface area contributed by atoms with Crippen molar-refractivity contribution in [2.24, 2.45) is 11.8 Å². The van der Waals surface area contributed by atoms with Gasteiger partial charge < -0.3 is 16.0 Å². The first kappa shape index (κ1) is 19.7. The van der Waals surface area contributed by atoms with Gasteiger partial charge in [0.15, 0.2) is 0 Å². The maximum absolute atomic E-state index is 12.5. The Kier molecular flexibility index (Phi) is 7.72. The van der Waals surface area contributed by atoms with Gasteiger partial charge in [-0.05, 0) is 68.5 Å². The predicted octanol–water partition coefficient (Wildman–Crippen LogP) is 2.60. The van der Waals surface area contributed by atoms with Crippen LogP contribution in [-0.2, 0) is 4.79 Å². The minimum absolute atomic E-state index is 0.109. The lowest BCUT2D eigenvalue weighted by molar-refractivity contribution is -0.123. The molecule has 2 unspecified atom stereocenters. The summed E-state index contributed by atoms with van der Waals surface area (Å²) in [6.45, 7) is 6.82. The fraction of sp³-hybridized carbons (Fsp3) is 0.579. The first-order valence-electron chi connectivity index (χ1n) is 9.00. The number of amides is 2. The van der Waals surface area contributed by atoms with Crippen molar-refractivity contribution < 1.29 is 9.59 Å². The van der Waals surface area contributed by atoms with Crippen molar-refractivity contribution in [3.8, 4) is 0 Å². The lowest BCUT2D eigenvalue weighted by Gasteiger charge is -2.21. The molecule has 1 aromatic rings. The molecule has 1 aromatic carbocycles. The van der Waals surface area contributed by atoms with Crippen LogP contribution >= 0.6 is 11.6 Å². The first-order chi connectivity index (χ1) is 12.0. The van der Waals surface area contributed by atoms with Gasteiger partial charge in [0.05, 0.1) is 0 Å². The Morgan fingerprint density at radius 3 is 2.60 bits per heavy atom. The van der Waals surface area contributed by atoms with Crippen molar-refractivity contribution in [3.05, 3.63) is 34.9 Å². The topological polar surface area (TPSA) is 70.2 Å². The van der Waals surface area contributed by atoms with Crippen LogP contribution in [0.5, 0.6) is 0 Å². The molecule has 0 radical (unpaired) electrons. The SMILES string of the molecule is CC(C)CC(NC(=O)c1ccc(Cl)cc1)C(=O)NCCC1CCNC1. The zero-order chi connectivity index (χ0) is 18.2. The number of halogens is 1. The van der Waals surface area contributed by atoms with E-state index in [-0.39, 0.29) is 11.8 Å². The molecule has 0 bridgehead atoms. The first-order valence-corrected chi connectivity index (χ1v) is 9.38. The molecular weight excluding hydrogens is 338 g/mol. The number of hydrogen-bond donors (Lipinski definition) is 3. The van der Waals surface area contributed by atoms with Crippen molar-refractivity contribution in [2.75, 3.05) is 19.6 Å². The molecule has 5 nitrogen and oxygen atoms in total. The molecule has 0 saturated carbocycles. The number of hydrogen-bond acceptors (Lipinski definition) is 3. The quantitative estimate of drug-likeness (QED) is 0.663. The zero-order valence-corrected chi connectivity index (χ0v) is 15.7. The Balaban J connectivity index is 1.88. The van der Waals surface area contributed by atoms with Gasteiger partial charge in [0, 0.05) is 17.1 Å². The molecule has 2 rings (SSSR count). The summed E-state index contributed by atoms with van der Waals surface area (Å²) >= 11 is 5.85. The monoisotopic (exact) mass is 365 g/mol. The third-order valence-corrected chi connectivity index (χ3v) is 4.70. The van der Waals surface area contributed by atoms with Gasteiger partial charge in [-0.2, -0.15) is 0 Å². The number of benzene rings is 1. The van der Waals surface area contributed by atoms with E-state index in [1.807, 2.05) is 13.8 Å². The maximum atomic E-state index is 12.5. The molecule has 1 heterocycles. The Morgan fingerprint density at radius 2 is 2.00 bits per heavy atom. The highest BCUT2D eigenvalue weighted by Crippen LogP contribution is 2.12. The van der Waals surface area contributed by atoms with E-state index in [1.165, 1.54) is 6.42 Å². The molecule has 3 N–H and O–H groups in total. The highest BCUT2D eigenvalue weighted by Gasteiger charge is 2.23. The number of carbonyl (C=O) groups excluding carboxylic acids is 2. The van der Waals surface area contributed by atoms with E-state index >= 15 is 0 Å². The summed E-state index contributed by atoms with van der Waals surface area (Å²) in [5, 5.41) is 9.74. The van der Waals surface area contributed by atoms with E-state index in [4.69, 9.17) is 11.6 Å². The lowest BCUT2D eigenvalue weighted by atomic mass is 10.0. The van der Waals surface area contributed by atoms with Crippen molar-refractivity contribution in [3.63, 3.8) is 0 Å². The van der Waals surface area contributed by atoms with Gasteiger partial charge in [0.1, 0.15) is 6.04 Å². The largest absolute Gasteiger partial charge is 0.354 e. The van der Waals surface area contributed by atoms with E-state index in [9.17, 15) is 9.59 Å². The molecule has 2 amide bonds. The molecule has 0 spiro atoms. The van der Waals surface area contributed by atoms with Crippen LogP contribution in [0, 0.1) is 11.8 Å². The lowest BCUT2D eigenvalue weighted by Crippen LogP contribution is -2.47. The minimum Gasteiger partial charge on any atom is -0.354 e. The summed E-state index contributed by atoms with van der Waals surface area (Å²) in [4.78, 5) is 24.9. The summed E-state index contributed by atoms with van der Waals surface area (Å²) in [5.74, 6) is 0.576. The summed E-state index contributed by atoms with van der Waals surface area (Å²) in [6, 6.07) is 6.14. The van der Waals surface area contributed by atoms with Gasteiger partial charge in [0.25, 0.3) is 5.91 Å². The third-order valence-electron chi connectivity index (χ3n) is 4.45. The minimum atomic E-state index is -0.523. The van der Waals surface area contributed by atoms with Gasteiger partial charge in [0.2, 0.25) is 5.91 Å². The Bertz CT molecular complexity index is 569. The summed E-state index contributed by atoms with van der Waals surface area (Å²) in [6.07, 6.45) is 2.74. The van der Waals surface area contributed by atoms with Crippen LogP contribution in [-0.4, -0.2) is 37.5 Å². The molecule has 0 aliphatic carbocycles. The number of rotatable bonds is 8. The molecule has 138 valence electrons. The standard InChI is InChI=1S/C19H28ClN3O2/c1-13(2)11-17(19(25)22-10-8-14-7-9-21-12-14)23-18(24)15-3-5-16(20)6-4-15/h3-6,13-14,17,21H,7-12H2,1-2H3,(H,22,25)(H,23,24). The number of nitrogens with one attached hydrogen (secondary N) is 3. The van der Waals surface area contributed by atoms with Crippen LogP contribution in [0.4, 0.5) is 0 Å². The smallest absolute Gasteiger partial charge is 0.251 e. The highest BCUT2D eigenvalue weighted by molar-refractivity contribution is 6.30. The molecule has 1 aliphatic rings. The summed E-state index contributed by atoms with van der Waals surface area (Å²) in [7, 11) is 0. The van der Waals surface area contributed by atoms with E-state index in [0.717, 1.165) is 19.5 Å². The van der Waals surface area contributed by atoms with Crippen LogP contribution < -0.4 is 16.0 Å². The molecule has 0 aromatic heterocycles. The molecular formula is C19H28ClN3O2. The van der Waals surface area contributed by atoms with Crippen LogP contribution in [0.15, 0.2) is 24.3 Å². The normalized spacial score (nSPS) is 18.2. The second-order valence-corrected chi connectivity index (χ2v) is 7.54. The van der Waals surface area contributed by atoms with Crippen molar-refractivity contribution in [1.82, 2.24) is 16.0 Å². The Labute approximate surface area is 154 Å². The molecule has 2 atom stereocenters. The second kappa shape index (κ2) is 9.78. The van der Waals surface area contributed by atoms with E-state index in [2.05, 4.69) is 16.0 Å². The third kappa shape index (κ3) is 6.67. The van der Waals surface area contributed by atoms with E-state index in [1.54, 1.807) is 24.3 Å². The van der Waals surface area contributed by atoms with Crippen LogP contribution in [0.25, 0.3) is 0 Å². The molecule has 1 saturated heterocycles. The average Bonchev–Trinajstić information content (AvgIpc) is 3.07. The fourth-order valence-corrected chi connectivity index (χ4v) is 3.16. The van der Waals surface area contributed by atoms with Gasteiger partial charge in [-0.1, -0.05) is 25.4 Å². The van der Waals surface area contributed by atoms with Gasteiger partial charge in [-0.15, -0.1) is 0 Å². The van der Waals surface area contributed by atoms with Crippen LogP contribution in [0.1, 0.15) is 43.5 Å². The van der Waals surface area contributed by atoms with Crippen molar-refractivity contribution in [2.45, 2.75) is 39.2 Å². The Morgan fingerprint density at radius 1 is 1.28 bits per heavy atom. The predicted molar refractivity (Wildman–Crippen MR) is 101 cm³/mol. The molecule has 1 fully saturated rings. The highest BCUT2D eigenvalue weighted by atomic mass is 35.5. The van der Waals surface area contributed by atoms with Gasteiger partial charge >= 0.3 is 0 Å². The van der Waals surface area contributed by atoms with E-state index < -0.39 is 6.04 Å². The maximum Gasteiger partial charge on any atom is 0.251 e. The van der Waals surface area contributed by atoms with E-state index in [0.29, 0.717) is 35.4 Å². The van der Waals surface area contributed by atoms with Crippen molar-refractivity contribution in [1.29, 1.82) is 0 Å². The zero-order valence-electron chi connectivity index (χ0n) is 15.0. The summed E-state index contributed by atoms with van der Waals surface area (Å²) in [5.41, 5.74) is 0.503. The average molecular weight is 366 g/mol. The molecule has 25 heavy (non-hydrogen) atoms. The Hall–Kier alpha value is -1.59. The molecule has 1 aliphatic heterocycles. The van der Waals surface area contributed by atoms with Gasteiger partial charge in [-0.25, -0.2) is 0 Å². The molecule has 6 heteroatoms. The summed E-state index contributed by atoms with van der Waals surface area (Å²) < 4.78 is 0. The fourth-order valence-electron chi connectivity index (χ4n) is 3.03. The van der Waals surface area contributed by atoms with Crippen LogP contribution in [0.2, 0.25) is 5.02 Å². The number of carbonyl (C=O) groups is 2. The van der Waals surface area contributed by atoms with Gasteiger partial charge in [-0.3, -0.25) is 9.59 Å². The second-order valence-electron chi connectivity index (χ2n) is 7.10. The van der Waals surface area contributed by atoms with Crippen LogP contribution in [0.3, 0.4) is 0 Å².